The number of benzene rings is 2. The maximum Gasteiger partial charge on any atom is 0.293 e. The number of quaternary nitrogens is 1. The molecule has 0 radical (unpaired) electrons. The van der Waals surface area contributed by atoms with Gasteiger partial charge in [-0.25, -0.2) is 8.42 Å². The van der Waals surface area contributed by atoms with E-state index in [1.54, 1.807) is 0 Å². The largest absolute Gasteiger partial charge is 0.373 e. The number of nitrogens with one attached hydrogen (secondary N) is 2. The monoisotopic (exact) mass is 392 g/mol. The summed E-state index contributed by atoms with van der Waals surface area (Å²) in [6.07, 6.45) is 1.04. The van der Waals surface area contributed by atoms with E-state index in [9.17, 15) is 18.5 Å². The van der Waals surface area contributed by atoms with Crippen molar-refractivity contribution in [2.75, 3.05) is 31.2 Å². The van der Waals surface area contributed by atoms with E-state index in [1.807, 2.05) is 18.2 Å². The van der Waals surface area contributed by atoms with Gasteiger partial charge in [0.05, 0.1) is 29.5 Å². The molecule has 146 valence electrons. The number of nitro groups is 1. The lowest BCUT2D eigenvalue weighted by atomic mass is 10.0. The van der Waals surface area contributed by atoms with E-state index in [0.29, 0.717) is 12.2 Å². The fourth-order valence-electron chi connectivity index (χ4n) is 3.18. The van der Waals surface area contributed by atoms with Crippen molar-refractivity contribution in [2.45, 2.75) is 24.8 Å². The summed E-state index contributed by atoms with van der Waals surface area (Å²) in [6, 6.07) is 14.1. The van der Waals surface area contributed by atoms with Gasteiger partial charge < -0.3 is 10.2 Å². The van der Waals surface area contributed by atoms with E-state index in [2.05, 4.69) is 31.3 Å². The van der Waals surface area contributed by atoms with Gasteiger partial charge in [0.25, 0.3) is 5.69 Å². The average molecular weight is 393 g/mol. The zero-order valence-electron chi connectivity index (χ0n) is 15.8. The fourth-order valence-corrected chi connectivity index (χ4v) is 3.82. The first-order chi connectivity index (χ1) is 12.8. The average Bonchev–Trinajstić information content (AvgIpc) is 2.64. The molecule has 1 atom stereocenters. The molecule has 0 bridgehead atoms. The van der Waals surface area contributed by atoms with Crippen molar-refractivity contribution in [3.05, 3.63) is 64.2 Å². The molecule has 0 amide bonds. The van der Waals surface area contributed by atoms with Gasteiger partial charge in [0.15, 0.2) is 9.84 Å². The normalized spacial score (nSPS) is 12.7. The van der Waals surface area contributed by atoms with Crippen molar-refractivity contribution < 1.29 is 18.2 Å². The second-order valence-electron chi connectivity index (χ2n) is 6.42. The predicted molar refractivity (Wildman–Crippen MR) is 106 cm³/mol. The Balaban J connectivity index is 2.32. The van der Waals surface area contributed by atoms with Crippen LogP contribution in [-0.4, -0.2) is 39.2 Å². The maximum absolute atomic E-state index is 11.7. The summed E-state index contributed by atoms with van der Waals surface area (Å²) in [5, 5.41) is 14.6. The first kappa shape index (κ1) is 20.9. The van der Waals surface area contributed by atoms with Gasteiger partial charge in [-0.1, -0.05) is 30.3 Å². The molecule has 0 aromatic heterocycles. The smallest absolute Gasteiger partial charge is 0.293 e. The summed E-state index contributed by atoms with van der Waals surface area (Å²) in [6.45, 7) is 6.57. The topological polar surface area (TPSA) is 93.8 Å². The summed E-state index contributed by atoms with van der Waals surface area (Å²) in [4.78, 5) is 12.2. The van der Waals surface area contributed by atoms with Crippen molar-refractivity contribution >= 4 is 21.2 Å². The van der Waals surface area contributed by atoms with E-state index in [-0.39, 0.29) is 16.6 Å². The standard InChI is InChI=1S/C19H25N3O4S/c1-4-21(5-2)19(15-9-7-6-8-10-15)14-20-17-12-11-16(27(3,25)26)13-18(17)22(23)24/h6-13,19-20H,4-5,14H2,1-3H3/p+1/t19-/m0/s1. The Morgan fingerprint density at radius 3 is 2.26 bits per heavy atom. The number of hydrogen-bond donors (Lipinski definition) is 2. The van der Waals surface area contributed by atoms with Crippen molar-refractivity contribution in [1.82, 2.24) is 0 Å². The van der Waals surface area contributed by atoms with Crippen LogP contribution >= 0.6 is 0 Å². The molecular formula is C19H26N3O4S+. The van der Waals surface area contributed by atoms with Gasteiger partial charge in [-0.05, 0) is 26.0 Å². The van der Waals surface area contributed by atoms with Gasteiger partial charge >= 0.3 is 0 Å². The summed E-state index contributed by atoms with van der Waals surface area (Å²) in [7, 11) is -3.51. The summed E-state index contributed by atoms with van der Waals surface area (Å²) < 4.78 is 23.4. The Labute approximate surface area is 160 Å². The molecule has 0 aliphatic rings. The number of sulfone groups is 1. The molecule has 0 heterocycles. The number of hydrogen-bond acceptors (Lipinski definition) is 5. The first-order valence-electron chi connectivity index (χ1n) is 8.89. The number of nitrogens with zero attached hydrogens (tertiary/aromatic N) is 1. The van der Waals surface area contributed by atoms with Crippen LogP contribution in [0.25, 0.3) is 0 Å². The van der Waals surface area contributed by atoms with Crippen molar-refractivity contribution in [3.8, 4) is 0 Å². The van der Waals surface area contributed by atoms with E-state index in [0.717, 1.165) is 31.0 Å². The van der Waals surface area contributed by atoms with Crippen LogP contribution in [-0.2, 0) is 9.84 Å². The molecule has 0 saturated carbocycles. The molecule has 0 fully saturated rings. The minimum absolute atomic E-state index is 0.0614. The highest BCUT2D eigenvalue weighted by Crippen LogP contribution is 2.28. The van der Waals surface area contributed by atoms with Crippen LogP contribution in [0.1, 0.15) is 25.5 Å². The third kappa shape index (κ3) is 5.27. The fraction of sp³-hybridized carbons (Fsp3) is 0.368. The molecule has 8 heteroatoms. The molecule has 2 rings (SSSR count). The Hall–Kier alpha value is -2.45. The van der Waals surface area contributed by atoms with Crippen molar-refractivity contribution in [1.29, 1.82) is 0 Å². The molecule has 0 spiro atoms. The van der Waals surface area contributed by atoms with Gasteiger partial charge in [-0.3, -0.25) is 10.1 Å². The van der Waals surface area contributed by atoms with Crippen molar-refractivity contribution in [3.63, 3.8) is 0 Å². The van der Waals surface area contributed by atoms with Gasteiger partial charge in [0.2, 0.25) is 0 Å². The zero-order chi connectivity index (χ0) is 20.0. The summed E-state index contributed by atoms with van der Waals surface area (Å²) >= 11 is 0. The van der Waals surface area contributed by atoms with Gasteiger partial charge in [-0.2, -0.15) is 0 Å². The predicted octanol–water partition coefficient (Wildman–Crippen LogP) is 2.08. The second-order valence-corrected chi connectivity index (χ2v) is 8.43. The van der Waals surface area contributed by atoms with Crippen LogP contribution in [0.5, 0.6) is 0 Å². The molecule has 0 saturated heterocycles. The summed E-state index contributed by atoms with van der Waals surface area (Å²) in [5.41, 5.74) is 1.23. The second kappa shape index (κ2) is 8.96. The Kier molecular flexibility index (Phi) is 6.92. The van der Waals surface area contributed by atoms with Gasteiger partial charge in [0, 0.05) is 17.9 Å². The van der Waals surface area contributed by atoms with E-state index >= 15 is 0 Å². The zero-order valence-corrected chi connectivity index (χ0v) is 16.6. The van der Waals surface area contributed by atoms with Crippen LogP contribution in [0.2, 0.25) is 0 Å². The van der Waals surface area contributed by atoms with Gasteiger partial charge in [-0.15, -0.1) is 0 Å². The Bertz CT molecular complexity index is 881. The van der Waals surface area contributed by atoms with Gasteiger partial charge in [0.1, 0.15) is 11.7 Å². The third-order valence-electron chi connectivity index (χ3n) is 4.69. The lowest BCUT2D eigenvalue weighted by Gasteiger charge is -2.27. The molecule has 2 aromatic carbocycles. The SMILES string of the molecule is CC[NH+](CC)[C@@H](CNc1ccc(S(C)(=O)=O)cc1[N+](=O)[O-])c1ccccc1. The molecule has 0 unspecified atom stereocenters. The maximum atomic E-state index is 11.7. The quantitative estimate of drug-likeness (QED) is 0.503. The number of likely N-dealkylation sites (N-methyl/N-ethyl adjacent to an activating group) is 1. The minimum atomic E-state index is -3.51. The molecule has 7 nitrogen and oxygen atoms in total. The van der Waals surface area contributed by atoms with Crippen molar-refractivity contribution in [2.24, 2.45) is 0 Å². The highest BCUT2D eigenvalue weighted by Gasteiger charge is 2.24. The van der Waals surface area contributed by atoms with Crippen LogP contribution in [0.15, 0.2) is 53.4 Å². The highest BCUT2D eigenvalue weighted by molar-refractivity contribution is 7.90. The van der Waals surface area contributed by atoms with Crippen LogP contribution in [0, 0.1) is 10.1 Å². The molecule has 27 heavy (non-hydrogen) atoms. The third-order valence-corrected chi connectivity index (χ3v) is 5.80. The van der Waals surface area contributed by atoms with E-state index < -0.39 is 14.8 Å². The minimum Gasteiger partial charge on any atom is -0.373 e. The lowest BCUT2D eigenvalue weighted by Crippen LogP contribution is -3.12. The number of nitro benzene ring substituents is 1. The number of rotatable bonds is 9. The molecule has 2 N–H and O–H groups in total. The highest BCUT2D eigenvalue weighted by atomic mass is 32.2. The Morgan fingerprint density at radius 1 is 1.11 bits per heavy atom. The lowest BCUT2D eigenvalue weighted by molar-refractivity contribution is -0.926. The number of anilines is 1. The molecule has 2 aromatic rings. The van der Waals surface area contributed by atoms with E-state index in [1.165, 1.54) is 17.0 Å². The molecular weight excluding hydrogens is 366 g/mol. The molecule has 0 aliphatic carbocycles. The first-order valence-corrected chi connectivity index (χ1v) is 10.8. The Morgan fingerprint density at radius 2 is 1.74 bits per heavy atom. The molecule has 0 aliphatic heterocycles. The van der Waals surface area contributed by atoms with Crippen LogP contribution in [0.4, 0.5) is 11.4 Å². The van der Waals surface area contributed by atoms with Crippen LogP contribution < -0.4 is 10.2 Å². The summed E-state index contributed by atoms with van der Waals surface area (Å²) in [5.74, 6) is 0. The van der Waals surface area contributed by atoms with E-state index in [4.69, 9.17) is 0 Å². The van der Waals surface area contributed by atoms with Crippen LogP contribution in [0.3, 0.4) is 0 Å².